The third-order valence-corrected chi connectivity index (χ3v) is 5.67. The zero-order valence-corrected chi connectivity index (χ0v) is 17.6. The molecule has 1 aliphatic rings. The zero-order chi connectivity index (χ0) is 20.9. The molecular formula is C25H28N2O3. The summed E-state index contributed by atoms with van der Waals surface area (Å²) < 4.78 is 11.2. The quantitative estimate of drug-likeness (QED) is 0.627. The first kappa shape index (κ1) is 20.4. The van der Waals surface area contributed by atoms with Gasteiger partial charge in [-0.2, -0.15) is 0 Å². The molecule has 1 heterocycles. The van der Waals surface area contributed by atoms with E-state index in [0.29, 0.717) is 6.61 Å². The molecule has 0 radical (unpaired) electrons. The van der Waals surface area contributed by atoms with E-state index in [2.05, 4.69) is 48.3 Å². The zero-order valence-electron chi connectivity index (χ0n) is 17.6. The van der Waals surface area contributed by atoms with Crippen LogP contribution in [0.5, 0.6) is 5.75 Å². The summed E-state index contributed by atoms with van der Waals surface area (Å²) in [5.74, 6) is 0.790. The first-order valence-corrected chi connectivity index (χ1v) is 10.3. The molecule has 0 unspecified atom stereocenters. The van der Waals surface area contributed by atoms with Gasteiger partial charge in [0, 0.05) is 38.7 Å². The van der Waals surface area contributed by atoms with Gasteiger partial charge in [0.1, 0.15) is 5.75 Å². The summed E-state index contributed by atoms with van der Waals surface area (Å²) in [6.45, 7) is 4.02. The van der Waals surface area contributed by atoms with Crippen LogP contribution in [0.2, 0.25) is 0 Å². The summed E-state index contributed by atoms with van der Waals surface area (Å²) in [5.41, 5.74) is 3.44. The van der Waals surface area contributed by atoms with E-state index in [1.165, 1.54) is 0 Å². The second-order valence-electron chi connectivity index (χ2n) is 7.76. The molecule has 3 aromatic carbocycles. The molecule has 0 saturated carbocycles. The highest BCUT2D eigenvalue weighted by atomic mass is 16.5. The molecule has 0 atom stereocenters. The van der Waals surface area contributed by atoms with Crippen molar-refractivity contribution in [1.82, 2.24) is 9.80 Å². The Kier molecular flexibility index (Phi) is 6.31. The second kappa shape index (κ2) is 9.28. The second-order valence-corrected chi connectivity index (χ2v) is 7.76. The van der Waals surface area contributed by atoms with Crippen LogP contribution in [0.1, 0.15) is 5.56 Å². The Labute approximate surface area is 177 Å². The van der Waals surface area contributed by atoms with Crippen LogP contribution in [-0.4, -0.2) is 62.7 Å². The Morgan fingerprint density at radius 1 is 0.900 bits per heavy atom. The van der Waals surface area contributed by atoms with Gasteiger partial charge >= 0.3 is 0 Å². The van der Waals surface area contributed by atoms with Gasteiger partial charge in [0.05, 0.1) is 6.61 Å². The van der Waals surface area contributed by atoms with Crippen LogP contribution < -0.4 is 4.74 Å². The number of likely N-dealkylation sites (N-methyl/N-ethyl adjacent to an activating group) is 1. The van der Waals surface area contributed by atoms with Crippen LogP contribution in [0.25, 0.3) is 21.9 Å². The van der Waals surface area contributed by atoms with Crippen LogP contribution in [0.15, 0.2) is 60.7 Å². The lowest BCUT2D eigenvalue weighted by molar-refractivity contribution is -0.134. The SMILES string of the molecule is COCc1ccc(-c2ccc(OCC(=O)N3CCN(C)CC3)c3ccccc23)cc1. The van der Waals surface area contributed by atoms with E-state index in [9.17, 15) is 4.79 Å². The van der Waals surface area contributed by atoms with Crippen LogP contribution in [0.4, 0.5) is 0 Å². The highest BCUT2D eigenvalue weighted by Gasteiger charge is 2.19. The van der Waals surface area contributed by atoms with Gasteiger partial charge in [0.25, 0.3) is 5.91 Å². The van der Waals surface area contributed by atoms with Crippen molar-refractivity contribution in [3.8, 4) is 16.9 Å². The Bertz CT molecular complexity index is 1010. The number of carbonyl (C=O) groups excluding carboxylic acids is 1. The maximum Gasteiger partial charge on any atom is 0.260 e. The van der Waals surface area contributed by atoms with Crippen LogP contribution >= 0.6 is 0 Å². The Morgan fingerprint density at radius 3 is 2.30 bits per heavy atom. The van der Waals surface area contributed by atoms with Gasteiger partial charge in [-0.15, -0.1) is 0 Å². The van der Waals surface area contributed by atoms with Crippen molar-refractivity contribution in [2.45, 2.75) is 6.61 Å². The summed E-state index contributed by atoms with van der Waals surface area (Å²) in [6.07, 6.45) is 0. The molecule has 0 aliphatic carbocycles. The average Bonchev–Trinajstić information content (AvgIpc) is 2.78. The van der Waals surface area contributed by atoms with Gasteiger partial charge in [0.2, 0.25) is 0 Å². The summed E-state index contributed by atoms with van der Waals surface area (Å²) in [6, 6.07) is 20.6. The van der Waals surface area contributed by atoms with E-state index in [1.807, 2.05) is 29.2 Å². The van der Waals surface area contributed by atoms with Gasteiger partial charge in [-0.25, -0.2) is 0 Å². The van der Waals surface area contributed by atoms with Gasteiger partial charge in [0.15, 0.2) is 6.61 Å². The molecule has 1 saturated heterocycles. The molecule has 0 bridgehead atoms. The molecule has 5 heteroatoms. The first-order valence-electron chi connectivity index (χ1n) is 10.3. The summed E-state index contributed by atoms with van der Waals surface area (Å²) >= 11 is 0. The van der Waals surface area contributed by atoms with Crippen molar-refractivity contribution in [3.63, 3.8) is 0 Å². The number of benzene rings is 3. The molecule has 30 heavy (non-hydrogen) atoms. The molecule has 0 N–H and O–H groups in total. The van der Waals surface area contributed by atoms with Gasteiger partial charge in [-0.05, 0) is 35.2 Å². The van der Waals surface area contributed by atoms with Gasteiger partial charge in [-0.1, -0.05) is 54.6 Å². The van der Waals surface area contributed by atoms with Crippen LogP contribution in [-0.2, 0) is 16.1 Å². The maximum absolute atomic E-state index is 12.6. The van der Waals surface area contributed by atoms with Crippen molar-refractivity contribution < 1.29 is 14.3 Å². The van der Waals surface area contributed by atoms with Crippen LogP contribution in [0.3, 0.4) is 0 Å². The monoisotopic (exact) mass is 404 g/mol. The molecule has 1 aliphatic heterocycles. The predicted molar refractivity (Wildman–Crippen MR) is 120 cm³/mol. The Morgan fingerprint density at radius 2 is 1.60 bits per heavy atom. The number of amides is 1. The standard InChI is InChI=1S/C25H28N2O3/c1-26-13-15-27(16-14-26)25(28)18-30-24-12-11-21(22-5-3-4-6-23(22)24)20-9-7-19(8-10-20)17-29-2/h3-12H,13-18H2,1-2H3. The molecule has 4 rings (SSSR count). The predicted octanol–water partition coefficient (Wildman–Crippen LogP) is 3.81. The first-order chi connectivity index (χ1) is 14.7. The van der Waals surface area contributed by atoms with Gasteiger partial charge in [-0.3, -0.25) is 4.79 Å². The largest absolute Gasteiger partial charge is 0.483 e. The summed E-state index contributed by atoms with van der Waals surface area (Å²) in [5, 5.41) is 2.13. The minimum atomic E-state index is 0.0463. The number of methoxy groups -OCH3 is 1. The number of rotatable bonds is 6. The Balaban J connectivity index is 1.54. The van der Waals surface area contributed by atoms with E-state index in [-0.39, 0.29) is 12.5 Å². The fourth-order valence-corrected chi connectivity index (χ4v) is 3.88. The van der Waals surface area contributed by atoms with E-state index in [1.54, 1.807) is 7.11 Å². The number of ether oxygens (including phenoxy) is 2. The topological polar surface area (TPSA) is 42.0 Å². The smallest absolute Gasteiger partial charge is 0.260 e. The average molecular weight is 405 g/mol. The molecule has 5 nitrogen and oxygen atoms in total. The minimum Gasteiger partial charge on any atom is -0.483 e. The minimum absolute atomic E-state index is 0.0463. The van der Waals surface area contributed by atoms with Crippen molar-refractivity contribution in [2.75, 3.05) is 46.9 Å². The highest BCUT2D eigenvalue weighted by Crippen LogP contribution is 2.34. The summed E-state index contributed by atoms with van der Waals surface area (Å²) in [7, 11) is 3.78. The number of hydrogen-bond donors (Lipinski definition) is 0. The molecule has 0 aromatic heterocycles. The fraction of sp³-hybridized carbons (Fsp3) is 0.320. The van der Waals surface area contributed by atoms with Crippen molar-refractivity contribution in [1.29, 1.82) is 0 Å². The lowest BCUT2D eigenvalue weighted by Crippen LogP contribution is -2.48. The van der Waals surface area contributed by atoms with Crippen molar-refractivity contribution >= 4 is 16.7 Å². The van der Waals surface area contributed by atoms with E-state index < -0.39 is 0 Å². The lowest BCUT2D eigenvalue weighted by atomic mass is 9.97. The summed E-state index contributed by atoms with van der Waals surface area (Å²) in [4.78, 5) is 16.7. The normalized spacial score (nSPS) is 14.8. The van der Waals surface area contributed by atoms with E-state index in [4.69, 9.17) is 9.47 Å². The van der Waals surface area contributed by atoms with Gasteiger partial charge < -0.3 is 19.3 Å². The number of piperazine rings is 1. The fourth-order valence-electron chi connectivity index (χ4n) is 3.88. The van der Waals surface area contributed by atoms with E-state index in [0.717, 1.165) is 59.4 Å². The van der Waals surface area contributed by atoms with Crippen molar-refractivity contribution in [2.24, 2.45) is 0 Å². The van der Waals surface area contributed by atoms with Crippen LogP contribution in [0, 0.1) is 0 Å². The number of carbonyl (C=O) groups is 1. The third kappa shape index (κ3) is 4.48. The molecule has 1 amide bonds. The molecule has 3 aromatic rings. The molecule has 0 spiro atoms. The Hall–Kier alpha value is -2.89. The van der Waals surface area contributed by atoms with E-state index >= 15 is 0 Å². The number of nitrogens with zero attached hydrogens (tertiary/aromatic N) is 2. The molecule has 1 fully saturated rings. The molecular weight excluding hydrogens is 376 g/mol. The maximum atomic E-state index is 12.6. The third-order valence-electron chi connectivity index (χ3n) is 5.67. The highest BCUT2D eigenvalue weighted by molar-refractivity contribution is 6.00. The number of hydrogen-bond acceptors (Lipinski definition) is 4. The number of fused-ring (bicyclic) bond motifs is 1. The lowest BCUT2D eigenvalue weighted by Gasteiger charge is -2.32. The molecule has 156 valence electrons. The van der Waals surface area contributed by atoms with Crippen molar-refractivity contribution in [3.05, 3.63) is 66.2 Å².